The highest BCUT2D eigenvalue weighted by atomic mass is 15.1. The quantitative estimate of drug-likeness (QED) is 0.792. The van der Waals surface area contributed by atoms with Gasteiger partial charge in [-0.25, -0.2) is 0 Å². The Morgan fingerprint density at radius 3 is 2.82 bits per heavy atom. The van der Waals surface area contributed by atoms with Crippen LogP contribution in [0, 0.1) is 23.2 Å². The van der Waals surface area contributed by atoms with Crippen LogP contribution in [0.25, 0.3) is 0 Å². The van der Waals surface area contributed by atoms with Gasteiger partial charge in [-0.1, -0.05) is 37.3 Å². The number of nitrogens with zero attached hydrogens (tertiary/aromatic N) is 2. The second kappa shape index (κ2) is 5.84. The number of hydrogen-bond acceptors (Lipinski definition) is 2. The van der Waals surface area contributed by atoms with E-state index < -0.39 is 0 Å². The van der Waals surface area contributed by atoms with Gasteiger partial charge in [0, 0.05) is 13.1 Å². The Balaban J connectivity index is 1.88. The Morgan fingerprint density at radius 1 is 1.41 bits per heavy atom. The minimum absolute atomic E-state index is 0.246. The van der Waals surface area contributed by atoms with Gasteiger partial charge >= 0.3 is 0 Å². The summed E-state index contributed by atoms with van der Waals surface area (Å²) in [6.07, 6.45) is 2.17. The normalized spacial score (nSPS) is 22.2. The Labute approximate surface area is 104 Å². The van der Waals surface area contributed by atoms with Crippen molar-refractivity contribution in [3.05, 3.63) is 35.9 Å². The first-order valence-electron chi connectivity index (χ1n) is 6.49. The molecule has 1 saturated heterocycles. The average Bonchev–Trinajstić information content (AvgIpc) is 2.81. The number of benzene rings is 1. The van der Waals surface area contributed by atoms with E-state index >= 15 is 0 Å². The molecule has 0 spiro atoms. The molecule has 0 bridgehead atoms. The molecule has 2 heteroatoms. The van der Waals surface area contributed by atoms with Crippen LogP contribution < -0.4 is 0 Å². The van der Waals surface area contributed by atoms with Gasteiger partial charge in [0.15, 0.2) is 0 Å². The Morgan fingerprint density at radius 2 is 2.18 bits per heavy atom. The van der Waals surface area contributed by atoms with Crippen LogP contribution in [-0.4, -0.2) is 18.0 Å². The zero-order valence-corrected chi connectivity index (χ0v) is 10.5. The first kappa shape index (κ1) is 12.1. The van der Waals surface area contributed by atoms with Gasteiger partial charge < -0.3 is 0 Å². The van der Waals surface area contributed by atoms with Gasteiger partial charge in [-0.15, -0.1) is 0 Å². The van der Waals surface area contributed by atoms with E-state index in [1.807, 2.05) is 0 Å². The first-order chi connectivity index (χ1) is 8.33. The van der Waals surface area contributed by atoms with Gasteiger partial charge in [0.05, 0.1) is 12.0 Å². The predicted octanol–water partition coefficient (Wildman–Crippen LogP) is 3.06. The average molecular weight is 228 g/mol. The molecule has 2 rings (SSSR count). The van der Waals surface area contributed by atoms with E-state index in [2.05, 4.69) is 48.2 Å². The fourth-order valence-electron chi connectivity index (χ4n) is 2.71. The molecule has 0 N–H and O–H groups in total. The summed E-state index contributed by atoms with van der Waals surface area (Å²) in [6.45, 7) is 5.37. The summed E-state index contributed by atoms with van der Waals surface area (Å²) in [4.78, 5) is 2.47. The fourth-order valence-corrected chi connectivity index (χ4v) is 2.71. The molecular formula is C15H20N2. The van der Waals surface area contributed by atoms with Crippen LogP contribution in [0.4, 0.5) is 0 Å². The zero-order chi connectivity index (χ0) is 12.1. The van der Waals surface area contributed by atoms with Gasteiger partial charge in [0.1, 0.15) is 0 Å². The molecule has 0 amide bonds. The maximum Gasteiger partial charge on any atom is 0.0659 e. The third-order valence-corrected chi connectivity index (χ3v) is 3.73. The second-order valence-corrected chi connectivity index (χ2v) is 4.91. The first-order valence-corrected chi connectivity index (χ1v) is 6.49. The SMILES string of the molecule is CCC(C#N)C1CCN(Cc2ccccc2)C1. The van der Waals surface area contributed by atoms with Crippen LogP contribution in [0.2, 0.25) is 0 Å². The summed E-state index contributed by atoms with van der Waals surface area (Å²) in [6, 6.07) is 13.0. The number of nitriles is 1. The van der Waals surface area contributed by atoms with Crippen LogP contribution in [0.15, 0.2) is 30.3 Å². The maximum atomic E-state index is 9.09. The number of hydrogen-bond donors (Lipinski definition) is 0. The summed E-state index contributed by atoms with van der Waals surface area (Å²) in [5, 5.41) is 9.09. The Kier molecular flexibility index (Phi) is 4.17. The van der Waals surface area contributed by atoms with Crippen molar-refractivity contribution in [2.24, 2.45) is 11.8 Å². The van der Waals surface area contributed by atoms with Crippen molar-refractivity contribution in [1.29, 1.82) is 5.26 Å². The van der Waals surface area contributed by atoms with Gasteiger partial charge in [0.25, 0.3) is 0 Å². The topological polar surface area (TPSA) is 27.0 Å². The lowest BCUT2D eigenvalue weighted by molar-refractivity contribution is 0.299. The molecule has 2 unspecified atom stereocenters. The van der Waals surface area contributed by atoms with Crippen LogP contribution in [-0.2, 0) is 6.54 Å². The van der Waals surface area contributed by atoms with Crippen molar-refractivity contribution in [1.82, 2.24) is 4.90 Å². The largest absolute Gasteiger partial charge is 0.299 e. The molecule has 0 radical (unpaired) electrons. The van der Waals surface area contributed by atoms with E-state index in [9.17, 15) is 0 Å². The standard InChI is InChI=1S/C15H20N2/c1-2-14(10-16)15-8-9-17(12-15)11-13-6-4-3-5-7-13/h3-7,14-15H,2,8-9,11-12H2,1H3. The molecule has 1 aliphatic heterocycles. The minimum atomic E-state index is 0.246. The molecule has 2 nitrogen and oxygen atoms in total. The third kappa shape index (κ3) is 3.08. The van der Waals surface area contributed by atoms with Gasteiger partial charge in [-0.2, -0.15) is 5.26 Å². The van der Waals surface area contributed by atoms with Crippen molar-refractivity contribution in [3.63, 3.8) is 0 Å². The van der Waals surface area contributed by atoms with Crippen molar-refractivity contribution in [2.45, 2.75) is 26.3 Å². The molecule has 0 saturated carbocycles. The molecule has 1 aromatic carbocycles. The molecule has 1 aliphatic rings. The molecule has 2 atom stereocenters. The molecule has 17 heavy (non-hydrogen) atoms. The van der Waals surface area contributed by atoms with Crippen LogP contribution >= 0.6 is 0 Å². The highest BCUT2D eigenvalue weighted by Gasteiger charge is 2.28. The van der Waals surface area contributed by atoms with Gasteiger partial charge in [0.2, 0.25) is 0 Å². The van der Waals surface area contributed by atoms with Crippen LogP contribution in [0.5, 0.6) is 0 Å². The lowest BCUT2D eigenvalue weighted by Gasteiger charge is -2.18. The van der Waals surface area contributed by atoms with Crippen molar-refractivity contribution in [2.75, 3.05) is 13.1 Å². The van der Waals surface area contributed by atoms with E-state index in [1.165, 1.54) is 12.0 Å². The molecule has 0 aliphatic carbocycles. The van der Waals surface area contributed by atoms with Crippen molar-refractivity contribution in [3.8, 4) is 6.07 Å². The summed E-state index contributed by atoms with van der Waals surface area (Å²) >= 11 is 0. The summed E-state index contributed by atoms with van der Waals surface area (Å²) in [7, 11) is 0. The molecule has 1 aromatic rings. The third-order valence-electron chi connectivity index (χ3n) is 3.73. The predicted molar refractivity (Wildman–Crippen MR) is 69.2 cm³/mol. The molecule has 0 aromatic heterocycles. The lowest BCUT2D eigenvalue weighted by Crippen LogP contribution is -2.22. The fraction of sp³-hybridized carbons (Fsp3) is 0.533. The lowest BCUT2D eigenvalue weighted by atomic mass is 9.91. The second-order valence-electron chi connectivity index (χ2n) is 4.91. The Hall–Kier alpha value is -1.33. The number of rotatable bonds is 4. The van der Waals surface area contributed by atoms with E-state index in [4.69, 9.17) is 5.26 Å². The molecule has 1 fully saturated rings. The van der Waals surface area contributed by atoms with E-state index in [0.29, 0.717) is 5.92 Å². The van der Waals surface area contributed by atoms with Crippen LogP contribution in [0.1, 0.15) is 25.3 Å². The zero-order valence-electron chi connectivity index (χ0n) is 10.5. The smallest absolute Gasteiger partial charge is 0.0659 e. The summed E-state index contributed by atoms with van der Waals surface area (Å²) in [5.41, 5.74) is 1.37. The van der Waals surface area contributed by atoms with E-state index in [1.54, 1.807) is 0 Å². The van der Waals surface area contributed by atoms with E-state index in [-0.39, 0.29) is 5.92 Å². The van der Waals surface area contributed by atoms with Crippen molar-refractivity contribution < 1.29 is 0 Å². The molecule has 90 valence electrons. The highest BCUT2D eigenvalue weighted by Crippen LogP contribution is 2.26. The number of likely N-dealkylation sites (tertiary alicyclic amines) is 1. The van der Waals surface area contributed by atoms with Crippen LogP contribution in [0.3, 0.4) is 0 Å². The van der Waals surface area contributed by atoms with Gasteiger partial charge in [-0.3, -0.25) is 4.90 Å². The maximum absolute atomic E-state index is 9.09. The molecular weight excluding hydrogens is 208 g/mol. The highest BCUT2D eigenvalue weighted by molar-refractivity contribution is 5.14. The molecule has 1 heterocycles. The summed E-state index contributed by atoms with van der Waals surface area (Å²) < 4.78 is 0. The minimum Gasteiger partial charge on any atom is -0.299 e. The monoisotopic (exact) mass is 228 g/mol. The van der Waals surface area contributed by atoms with Gasteiger partial charge in [-0.05, 0) is 30.9 Å². The van der Waals surface area contributed by atoms with Crippen molar-refractivity contribution >= 4 is 0 Å². The Bertz CT molecular complexity index is 380. The summed E-state index contributed by atoms with van der Waals surface area (Å²) in [5.74, 6) is 0.824. The van der Waals surface area contributed by atoms with E-state index in [0.717, 1.165) is 26.1 Å².